The maximum Gasteiger partial charge on any atom is 0.499 e. The Morgan fingerprint density at radius 1 is 1.00 bits per heavy atom. The highest BCUT2D eigenvalue weighted by atomic mass is 19.4. The fourth-order valence-corrected chi connectivity index (χ4v) is 1.30. The van der Waals surface area contributed by atoms with Gasteiger partial charge >= 0.3 is 12.3 Å². The first-order valence-electron chi connectivity index (χ1n) is 5.01. The maximum atomic E-state index is 12.6. The molecule has 102 valence electrons. The van der Waals surface area contributed by atoms with E-state index in [0.29, 0.717) is 5.69 Å². The van der Waals surface area contributed by atoms with Gasteiger partial charge in [-0.15, -0.1) is 0 Å². The second-order valence-electron chi connectivity index (χ2n) is 3.58. The zero-order chi connectivity index (χ0) is 14.1. The number of alkyl halides is 5. The van der Waals surface area contributed by atoms with Crippen molar-refractivity contribution in [2.24, 2.45) is 0 Å². The van der Waals surface area contributed by atoms with E-state index in [0.717, 1.165) is 12.1 Å². The molecule has 0 aliphatic heterocycles. The lowest BCUT2D eigenvalue weighted by molar-refractivity contribution is -0.360. The number of hydrogen-bond donors (Lipinski definition) is 0. The molecule has 3 nitrogen and oxygen atoms in total. The molecule has 0 saturated carbocycles. The number of halogens is 5. The van der Waals surface area contributed by atoms with Gasteiger partial charge in [-0.2, -0.15) is 22.0 Å². The molecule has 0 radical (unpaired) electrons. The molecule has 0 bridgehead atoms. The summed E-state index contributed by atoms with van der Waals surface area (Å²) in [4.78, 5) is 3.78. The summed E-state index contributed by atoms with van der Waals surface area (Å²) in [5, 5.41) is 0. The Kier molecular flexibility index (Phi) is 3.17. The van der Waals surface area contributed by atoms with Crippen LogP contribution in [0.4, 0.5) is 22.0 Å². The van der Waals surface area contributed by atoms with Gasteiger partial charge in [0, 0.05) is 18.1 Å². The van der Waals surface area contributed by atoms with E-state index in [9.17, 15) is 22.0 Å². The van der Waals surface area contributed by atoms with Crippen LogP contribution in [0.5, 0.6) is 5.75 Å². The van der Waals surface area contributed by atoms with Crippen molar-refractivity contribution in [2.45, 2.75) is 12.3 Å². The lowest BCUT2D eigenvalue weighted by Crippen LogP contribution is -2.41. The quantitative estimate of drug-likeness (QED) is 0.804. The van der Waals surface area contributed by atoms with Crippen molar-refractivity contribution in [2.75, 3.05) is 0 Å². The molecule has 19 heavy (non-hydrogen) atoms. The van der Waals surface area contributed by atoms with Crippen LogP contribution in [0.25, 0.3) is 5.69 Å². The van der Waals surface area contributed by atoms with E-state index in [1.165, 1.54) is 24.7 Å². The van der Waals surface area contributed by atoms with Crippen molar-refractivity contribution in [3.63, 3.8) is 0 Å². The summed E-state index contributed by atoms with van der Waals surface area (Å²) in [6.07, 6.45) is -6.41. The number of hydrogen-bond acceptors (Lipinski definition) is 2. The Hall–Kier alpha value is -2.12. The van der Waals surface area contributed by atoms with Crippen molar-refractivity contribution in [3.8, 4) is 11.4 Å². The summed E-state index contributed by atoms with van der Waals surface area (Å²) in [5.74, 6) is -0.578. The Morgan fingerprint density at radius 2 is 1.63 bits per heavy atom. The van der Waals surface area contributed by atoms with Crippen LogP contribution >= 0.6 is 0 Å². The third kappa shape index (κ3) is 2.83. The van der Waals surface area contributed by atoms with E-state index in [1.54, 1.807) is 10.8 Å². The summed E-state index contributed by atoms with van der Waals surface area (Å²) in [7, 11) is 0. The van der Waals surface area contributed by atoms with Gasteiger partial charge in [-0.3, -0.25) is 0 Å². The SMILES string of the molecule is FC(F)(F)C(F)(F)Oc1ccc(-n2ccnc2)cc1. The number of rotatable bonds is 3. The van der Waals surface area contributed by atoms with Gasteiger partial charge in [-0.25, -0.2) is 4.98 Å². The zero-order valence-corrected chi connectivity index (χ0v) is 9.23. The summed E-state index contributed by atoms with van der Waals surface area (Å²) >= 11 is 0. The van der Waals surface area contributed by atoms with Crippen LogP contribution in [0.2, 0.25) is 0 Å². The highest BCUT2D eigenvalue weighted by Gasteiger charge is 2.61. The molecule has 1 aromatic carbocycles. The van der Waals surface area contributed by atoms with Crippen molar-refractivity contribution < 1.29 is 26.7 Å². The summed E-state index contributed by atoms with van der Waals surface area (Å²) in [6, 6.07) is 4.72. The molecular weight excluding hydrogens is 271 g/mol. The fraction of sp³-hybridized carbons (Fsp3) is 0.182. The molecule has 0 atom stereocenters. The van der Waals surface area contributed by atoms with E-state index >= 15 is 0 Å². The number of ether oxygens (including phenoxy) is 1. The Labute approximate surface area is 104 Å². The van der Waals surface area contributed by atoms with E-state index in [4.69, 9.17) is 0 Å². The minimum atomic E-state index is -5.75. The van der Waals surface area contributed by atoms with E-state index in [1.807, 2.05) is 0 Å². The van der Waals surface area contributed by atoms with Crippen LogP contribution < -0.4 is 4.74 Å². The molecule has 0 spiro atoms. The van der Waals surface area contributed by atoms with Gasteiger partial charge in [0.25, 0.3) is 0 Å². The highest BCUT2D eigenvalue weighted by molar-refractivity contribution is 5.37. The van der Waals surface area contributed by atoms with Crippen LogP contribution in [-0.2, 0) is 0 Å². The molecule has 0 fully saturated rings. The van der Waals surface area contributed by atoms with E-state index in [2.05, 4.69) is 9.72 Å². The molecule has 2 aromatic rings. The van der Waals surface area contributed by atoms with Crippen LogP contribution in [0, 0.1) is 0 Å². The van der Waals surface area contributed by atoms with Crippen molar-refractivity contribution in [1.82, 2.24) is 9.55 Å². The minimum Gasteiger partial charge on any atom is -0.426 e. The Morgan fingerprint density at radius 3 is 2.11 bits per heavy atom. The molecule has 0 saturated heterocycles. The third-order valence-corrected chi connectivity index (χ3v) is 2.22. The fourth-order valence-electron chi connectivity index (χ4n) is 1.30. The van der Waals surface area contributed by atoms with Gasteiger partial charge < -0.3 is 9.30 Å². The molecule has 0 unspecified atom stereocenters. The van der Waals surface area contributed by atoms with E-state index < -0.39 is 18.0 Å². The minimum absolute atomic E-state index is 0.556. The lowest BCUT2D eigenvalue weighted by atomic mass is 10.3. The number of nitrogens with zero attached hydrogens (tertiary/aromatic N) is 2. The van der Waals surface area contributed by atoms with Gasteiger partial charge in [-0.05, 0) is 24.3 Å². The third-order valence-electron chi connectivity index (χ3n) is 2.22. The van der Waals surface area contributed by atoms with Gasteiger partial charge in [0.1, 0.15) is 5.75 Å². The molecule has 0 aliphatic rings. The van der Waals surface area contributed by atoms with Crippen LogP contribution in [-0.4, -0.2) is 21.8 Å². The second kappa shape index (κ2) is 4.52. The molecule has 2 rings (SSSR count). The average molecular weight is 278 g/mol. The summed E-state index contributed by atoms with van der Waals surface area (Å²) in [5.41, 5.74) is 0.556. The number of benzene rings is 1. The first-order valence-corrected chi connectivity index (χ1v) is 5.01. The van der Waals surface area contributed by atoms with Crippen molar-refractivity contribution in [1.29, 1.82) is 0 Å². The predicted octanol–water partition coefficient (Wildman–Crippen LogP) is 3.41. The first kappa shape index (κ1) is 13.3. The average Bonchev–Trinajstić information content (AvgIpc) is 2.81. The van der Waals surface area contributed by atoms with Gasteiger partial charge in [0.2, 0.25) is 0 Å². The number of imidazole rings is 1. The van der Waals surface area contributed by atoms with Crippen molar-refractivity contribution >= 4 is 0 Å². The maximum absolute atomic E-state index is 12.6. The molecule has 1 heterocycles. The second-order valence-corrected chi connectivity index (χ2v) is 3.58. The normalized spacial score (nSPS) is 12.5. The van der Waals surface area contributed by atoms with Gasteiger partial charge in [0.05, 0.1) is 6.33 Å². The van der Waals surface area contributed by atoms with Crippen molar-refractivity contribution in [3.05, 3.63) is 43.0 Å². The van der Waals surface area contributed by atoms with Crippen LogP contribution in [0.1, 0.15) is 0 Å². The molecule has 0 N–H and O–H groups in total. The van der Waals surface area contributed by atoms with Crippen LogP contribution in [0.3, 0.4) is 0 Å². The standard InChI is InChI=1S/C11H7F5N2O/c12-10(13,14)11(15,16)19-9-3-1-8(2-4-9)18-6-5-17-7-18/h1-7H. The van der Waals surface area contributed by atoms with Crippen LogP contribution in [0.15, 0.2) is 43.0 Å². The largest absolute Gasteiger partial charge is 0.499 e. The Balaban J connectivity index is 2.16. The van der Waals surface area contributed by atoms with Gasteiger partial charge in [0.15, 0.2) is 0 Å². The Bertz CT molecular complexity index is 533. The predicted molar refractivity (Wildman–Crippen MR) is 55.2 cm³/mol. The smallest absolute Gasteiger partial charge is 0.426 e. The summed E-state index contributed by atoms with van der Waals surface area (Å²) in [6.45, 7) is 0. The monoisotopic (exact) mass is 278 g/mol. The zero-order valence-electron chi connectivity index (χ0n) is 9.23. The molecular formula is C11H7F5N2O. The highest BCUT2D eigenvalue weighted by Crippen LogP contribution is 2.37. The summed E-state index contributed by atoms with van der Waals surface area (Å²) < 4.78 is 66.3. The number of aromatic nitrogens is 2. The molecule has 0 amide bonds. The topological polar surface area (TPSA) is 27.1 Å². The molecule has 8 heteroatoms. The molecule has 0 aliphatic carbocycles. The first-order chi connectivity index (χ1) is 8.79. The molecule has 1 aromatic heterocycles. The van der Waals surface area contributed by atoms with E-state index in [-0.39, 0.29) is 0 Å². The lowest BCUT2D eigenvalue weighted by Gasteiger charge is -2.20. The van der Waals surface area contributed by atoms with Gasteiger partial charge in [-0.1, -0.05) is 0 Å².